The average molecular weight is 289 g/mol. The second-order valence-electron chi connectivity index (χ2n) is 3.97. The molecule has 1 aromatic rings. The number of aromatic amines is 1. The molecule has 16 heavy (non-hydrogen) atoms. The van der Waals surface area contributed by atoms with E-state index in [2.05, 4.69) is 25.9 Å². The van der Waals surface area contributed by atoms with Crippen molar-refractivity contribution in [1.29, 1.82) is 0 Å². The summed E-state index contributed by atoms with van der Waals surface area (Å²) in [4.78, 5) is 18.8. The quantitative estimate of drug-likeness (QED) is 0.925. The van der Waals surface area contributed by atoms with Gasteiger partial charge < -0.3 is 9.72 Å². The highest BCUT2D eigenvalue weighted by Gasteiger charge is 2.25. The zero-order valence-electron chi connectivity index (χ0n) is 10.1. The molecule has 0 fully saturated rings. The number of hydrogen-bond acceptors (Lipinski definition) is 3. The topological polar surface area (TPSA) is 55.0 Å². The van der Waals surface area contributed by atoms with Crippen molar-refractivity contribution in [3.05, 3.63) is 26.3 Å². The number of nitrogens with one attached hydrogen (secondary N) is 1. The first-order valence-electron chi connectivity index (χ1n) is 5.35. The van der Waals surface area contributed by atoms with Gasteiger partial charge in [-0.25, -0.2) is 4.98 Å². The Hall–Kier alpha value is -0.680. The van der Waals surface area contributed by atoms with Crippen LogP contribution in [0.3, 0.4) is 0 Å². The molecule has 0 atom stereocenters. The van der Waals surface area contributed by atoms with Gasteiger partial charge in [0.05, 0.1) is 5.69 Å². The minimum absolute atomic E-state index is 0.158. The summed E-state index contributed by atoms with van der Waals surface area (Å²) in [5.41, 5.74) is 0.0274. The normalized spacial score (nSPS) is 11.8. The van der Waals surface area contributed by atoms with Crippen molar-refractivity contribution >= 4 is 15.9 Å². The van der Waals surface area contributed by atoms with E-state index in [4.69, 9.17) is 4.74 Å². The smallest absolute Gasteiger partial charge is 0.265 e. The Balaban J connectivity index is 3.26. The number of rotatable bonds is 4. The first kappa shape index (κ1) is 13.4. The van der Waals surface area contributed by atoms with Gasteiger partial charge in [0.2, 0.25) is 0 Å². The molecule has 0 aliphatic heterocycles. The molecule has 5 heteroatoms. The number of hydrogen-bond donors (Lipinski definition) is 1. The second-order valence-corrected chi connectivity index (χ2v) is 4.77. The van der Waals surface area contributed by atoms with Crippen molar-refractivity contribution in [1.82, 2.24) is 9.97 Å². The molecular formula is C11H17BrN2O2. The van der Waals surface area contributed by atoms with E-state index in [0.29, 0.717) is 23.3 Å². The molecule has 4 nitrogen and oxygen atoms in total. The highest BCUT2D eigenvalue weighted by Crippen LogP contribution is 2.21. The summed E-state index contributed by atoms with van der Waals surface area (Å²) in [5.74, 6) is 0.569. The van der Waals surface area contributed by atoms with Gasteiger partial charge in [-0.05, 0) is 43.1 Å². The number of ether oxygens (including phenoxy) is 1. The number of halogens is 1. The van der Waals surface area contributed by atoms with Gasteiger partial charge in [-0.1, -0.05) is 6.92 Å². The molecule has 1 rings (SSSR count). The van der Waals surface area contributed by atoms with Gasteiger partial charge in [0, 0.05) is 6.61 Å². The maximum Gasteiger partial charge on any atom is 0.265 e. The summed E-state index contributed by atoms with van der Waals surface area (Å²) >= 11 is 3.23. The molecule has 0 saturated carbocycles. The van der Waals surface area contributed by atoms with Crippen LogP contribution in [-0.2, 0) is 16.8 Å². The maximum atomic E-state index is 11.7. The van der Waals surface area contributed by atoms with E-state index in [1.807, 2.05) is 27.7 Å². The van der Waals surface area contributed by atoms with Crippen LogP contribution < -0.4 is 5.56 Å². The van der Waals surface area contributed by atoms with Crippen LogP contribution in [0.25, 0.3) is 0 Å². The van der Waals surface area contributed by atoms with Crippen LogP contribution >= 0.6 is 15.9 Å². The lowest BCUT2D eigenvalue weighted by atomic mass is 10.1. The van der Waals surface area contributed by atoms with Crippen LogP contribution in [0.15, 0.2) is 9.27 Å². The van der Waals surface area contributed by atoms with Crippen LogP contribution in [-0.4, -0.2) is 16.6 Å². The molecule has 0 aliphatic rings. The van der Waals surface area contributed by atoms with Crippen LogP contribution in [0.5, 0.6) is 0 Å². The minimum Gasteiger partial charge on any atom is -0.368 e. The third-order valence-electron chi connectivity index (χ3n) is 2.34. The Morgan fingerprint density at radius 2 is 2.06 bits per heavy atom. The molecule has 0 bridgehead atoms. The molecule has 1 aromatic heterocycles. The van der Waals surface area contributed by atoms with Gasteiger partial charge >= 0.3 is 0 Å². The predicted octanol–water partition coefficient (Wildman–Crippen LogP) is 2.37. The SMILES string of the molecule is CCOC(C)(C)c1nc(CC)c(Br)c(=O)[nH]1. The van der Waals surface area contributed by atoms with E-state index in [0.717, 1.165) is 5.69 Å². The van der Waals surface area contributed by atoms with E-state index < -0.39 is 5.60 Å². The lowest BCUT2D eigenvalue weighted by Gasteiger charge is -2.23. The highest BCUT2D eigenvalue weighted by molar-refractivity contribution is 9.10. The largest absolute Gasteiger partial charge is 0.368 e. The summed E-state index contributed by atoms with van der Waals surface area (Å²) in [6.45, 7) is 8.24. The zero-order chi connectivity index (χ0) is 12.3. The molecule has 1 N–H and O–H groups in total. The molecule has 1 heterocycles. The van der Waals surface area contributed by atoms with Gasteiger partial charge in [0.1, 0.15) is 15.9 Å². The van der Waals surface area contributed by atoms with Gasteiger partial charge in [-0.2, -0.15) is 0 Å². The van der Waals surface area contributed by atoms with Gasteiger partial charge in [-0.3, -0.25) is 4.79 Å². The number of aryl methyl sites for hydroxylation is 1. The molecule has 0 saturated heterocycles. The van der Waals surface area contributed by atoms with Crippen molar-refractivity contribution in [3.63, 3.8) is 0 Å². The summed E-state index contributed by atoms with van der Waals surface area (Å²) in [6, 6.07) is 0. The van der Waals surface area contributed by atoms with Gasteiger partial charge in [0.15, 0.2) is 0 Å². The highest BCUT2D eigenvalue weighted by atomic mass is 79.9. The van der Waals surface area contributed by atoms with Gasteiger partial charge in [0.25, 0.3) is 5.56 Å². The first-order valence-corrected chi connectivity index (χ1v) is 6.14. The molecular weight excluding hydrogens is 272 g/mol. The second kappa shape index (κ2) is 5.10. The fourth-order valence-electron chi connectivity index (χ4n) is 1.45. The number of nitrogens with zero attached hydrogens (tertiary/aromatic N) is 1. The van der Waals surface area contributed by atoms with Crippen LogP contribution in [0.1, 0.15) is 39.2 Å². The van der Waals surface area contributed by atoms with Crippen LogP contribution in [0.2, 0.25) is 0 Å². The number of aromatic nitrogens is 2. The standard InChI is InChI=1S/C11H17BrN2O2/c1-5-7-8(12)9(15)14-10(13-7)11(3,4)16-6-2/h5-6H2,1-4H3,(H,13,14,15). The maximum absolute atomic E-state index is 11.7. The third kappa shape index (κ3) is 2.71. The first-order chi connectivity index (χ1) is 7.42. The monoisotopic (exact) mass is 288 g/mol. The summed E-state index contributed by atoms with van der Waals surface area (Å²) in [5, 5.41) is 0. The lowest BCUT2D eigenvalue weighted by Crippen LogP contribution is -2.29. The fraction of sp³-hybridized carbons (Fsp3) is 0.636. The van der Waals surface area contributed by atoms with Crippen molar-refractivity contribution in [3.8, 4) is 0 Å². The Labute approximate surface area is 104 Å². The van der Waals surface area contributed by atoms with Gasteiger partial charge in [-0.15, -0.1) is 0 Å². The third-order valence-corrected chi connectivity index (χ3v) is 3.16. The van der Waals surface area contributed by atoms with E-state index in [-0.39, 0.29) is 5.56 Å². The molecule has 90 valence electrons. The Kier molecular flexibility index (Phi) is 4.27. The Morgan fingerprint density at radius 1 is 1.44 bits per heavy atom. The molecule has 0 aromatic carbocycles. The van der Waals surface area contributed by atoms with E-state index in [1.54, 1.807) is 0 Å². The van der Waals surface area contributed by atoms with E-state index in [9.17, 15) is 4.79 Å². The Bertz CT molecular complexity index is 426. The minimum atomic E-state index is -0.571. The van der Waals surface area contributed by atoms with E-state index >= 15 is 0 Å². The van der Waals surface area contributed by atoms with Crippen molar-refractivity contribution in [2.75, 3.05) is 6.61 Å². The molecule has 0 unspecified atom stereocenters. The van der Waals surface area contributed by atoms with Crippen LogP contribution in [0.4, 0.5) is 0 Å². The van der Waals surface area contributed by atoms with E-state index in [1.165, 1.54) is 0 Å². The summed E-state index contributed by atoms with van der Waals surface area (Å²) < 4.78 is 6.07. The van der Waals surface area contributed by atoms with Crippen molar-refractivity contribution in [2.45, 2.75) is 39.7 Å². The molecule has 0 aliphatic carbocycles. The summed E-state index contributed by atoms with van der Waals surface area (Å²) in [7, 11) is 0. The summed E-state index contributed by atoms with van der Waals surface area (Å²) in [6.07, 6.45) is 0.708. The number of H-pyrrole nitrogens is 1. The van der Waals surface area contributed by atoms with Crippen molar-refractivity contribution in [2.24, 2.45) is 0 Å². The predicted molar refractivity (Wildman–Crippen MR) is 66.6 cm³/mol. The van der Waals surface area contributed by atoms with Crippen molar-refractivity contribution < 1.29 is 4.74 Å². The fourth-order valence-corrected chi connectivity index (χ4v) is 1.92. The average Bonchev–Trinajstić information content (AvgIpc) is 2.21. The lowest BCUT2D eigenvalue weighted by molar-refractivity contribution is -0.0211. The molecule has 0 radical (unpaired) electrons. The Morgan fingerprint density at radius 3 is 2.56 bits per heavy atom. The molecule has 0 spiro atoms. The van der Waals surface area contributed by atoms with Crippen LogP contribution in [0, 0.1) is 0 Å². The zero-order valence-corrected chi connectivity index (χ0v) is 11.6. The molecule has 0 amide bonds.